The SMILES string of the molecule is COC(=O)c1coc2c1CNC2.Cl. The van der Waals surface area contributed by atoms with Crippen LogP contribution in [0.4, 0.5) is 0 Å². The van der Waals surface area contributed by atoms with Crippen molar-refractivity contribution in [2.75, 3.05) is 7.11 Å². The maximum Gasteiger partial charge on any atom is 0.341 e. The highest BCUT2D eigenvalue weighted by Crippen LogP contribution is 2.22. The van der Waals surface area contributed by atoms with E-state index in [2.05, 4.69) is 10.1 Å². The molecule has 72 valence electrons. The van der Waals surface area contributed by atoms with Crippen LogP contribution in [-0.4, -0.2) is 13.1 Å². The summed E-state index contributed by atoms with van der Waals surface area (Å²) in [5.41, 5.74) is 1.47. The lowest BCUT2D eigenvalue weighted by Gasteiger charge is -1.95. The third-order valence-electron chi connectivity index (χ3n) is 1.97. The minimum atomic E-state index is -0.330. The first-order chi connectivity index (χ1) is 5.83. The Kier molecular flexibility index (Phi) is 2.95. The fraction of sp³-hybridized carbons (Fsp3) is 0.375. The van der Waals surface area contributed by atoms with Crippen molar-refractivity contribution >= 4 is 18.4 Å². The molecule has 1 aromatic rings. The summed E-state index contributed by atoms with van der Waals surface area (Å²) >= 11 is 0. The van der Waals surface area contributed by atoms with E-state index in [1.807, 2.05) is 0 Å². The Morgan fingerprint density at radius 3 is 3.08 bits per heavy atom. The largest absolute Gasteiger partial charge is 0.467 e. The maximum absolute atomic E-state index is 11.1. The number of esters is 1. The van der Waals surface area contributed by atoms with Gasteiger partial charge in [-0.2, -0.15) is 0 Å². The van der Waals surface area contributed by atoms with Crippen molar-refractivity contribution < 1.29 is 13.9 Å². The number of hydrogen-bond donors (Lipinski definition) is 1. The van der Waals surface area contributed by atoms with E-state index in [4.69, 9.17) is 4.42 Å². The first kappa shape index (κ1) is 10.1. The molecule has 0 fully saturated rings. The van der Waals surface area contributed by atoms with Crippen molar-refractivity contribution in [3.63, 3.8) is 0 Å². The maximum atomic E-state index is 11.1. The summed E-state index contributed by atoms with van der Waals surface area (Å²) in [5.74, 6) is 0.513. The van der Waals surface area contributed by atoms with Gasteiger partial charge in [-0.15, -0.1) is 12.4 Å². The number of methoxy groups -OCH3 is 1. The van der Waals surface area contributed by atoms with Gasteiger partial charge < -0.3 is 14.5 Å². The fourth-order valence-corrected chi connectivity index (χ4v) is 1.35. The minimum Gasteiger partial charge on any atom is -0.467 e. The standard InChI is InChI=1S/C8H9NO3.ClH/c1-11-8(10)6-4-12-7-3-9-2-5(6)7;/h4,9H,2-3H2,1H3;1H. The van der Waals surface area contributed by atoms with Crippen LogP contribution in [0.15, 0.2) is 10.7 Å². The van der Waals surface area contributed by atoms with Gasteiger partial charge in [-0.05, 0) is 0 Å². The highest BCUT2D eigenvalue weighted by Gasteiger charge is 2.22. The molecule has 1 N–H and O–H groups in total. The van der Waals surface area contributed by atoms with Gasteiger partial charge in [-0.25, -0.2) is 4.79 Å². The Morgan fingerprint density at radius 1 is 1.62 bits per heavy atom. The minimum absolute atomic E-state index is 0. The van der Waals surface area contributed by atoms with Crippen LogP contribution in [0.1, 0.15) is 21.7 Å². The third kappa shape index (κ3) is 1.55. The average Bonchev–Trinajstić information content (AvgIpc) is 2.62. The number of fused-ring (bicyclic) bond motifs is 1. The zero-order valence-electron chi connectivity index (χ0n) is 7.12. The first-order valence-corrected chi connectivity index (χ1v) is 3.71. The van der Waals surface area contributed by atoms with Gasteiger partial charge in [0.15, 0.2) is 0 Å². The Hall–Kier alpha value is -1.00. The number of carbonyl (C=O) groups excluding carboxylic acids is 1. The molecule has 5 heteroatoms. The number of ether oxygens (including phenoxy) is 1. The summed E-state index contributed by atoms with van der Waals surface area (Å²) in [5, 5.41) is 3.09. The Balaban J connectivity index is 0.000000845. The van der Waals surface area contributed by atoms with Gasteiger partial charge in [0.1, 0.15) is 17.6 Å². The van der Waals surface area contributed by atoms with Crippen molar-refractivity contribution in [3.05, 3.63) is 23.2 Å². The van der Waals surface area contributed by atoms with E-state index >= 15 is 0 Å². The van der Waals surface area contributed by atoms with Gasteiger partial charge in [0.2, 0.25) is 0 Å². The molecule has 4 nitrogen and oxygen atoms in total. The number of hydrogen-bond acceptors (Lipinski definition) is 4. The molecule has 1 aromatic heterocycles. The fourth-order valence-electron chi connectivity index (χ4n) is 1.35. The van der Waals surface area contributed by atoms with Crippen molar-refractivity contribution in [1.29, 1.82) is 0 Å². The van der Waals surface area contributed by atoms with E-state index < -0.39 is 0 Å². The van der Waals surface area contributed by atoms with E-state index in [1.165, 1.54) is 13.4 Å². The van der Waals surface area contributed by atoms with E-state index in [9.17, 15) is 4.79 Å². The molecular weight excluding hydrogens is 194 g/mol. The molecule has 0 aliphatic carbocycles. The lowest BCUT2D eigenvalue weighted by Crippen LogP contribution is -2.06. The van der Waals surface area contributed by atoms with Gasteiger partial charge in [0.25, 0.3) is 0 Å². The van der Waals surface area contributed by atoms with E-state index in [0.717, 1.165) is 11.3 Å². The number of carbonyl (C=O) groups is 1. The molecule has 0 radical (unpaired) electrons. The topological polar surface area (TPSA) is 51.5 Å². The average molecular weight is 204 g/mol. The second kappa shape index (κ2) is 3.81. The second-order valence-electron chi connectivity index (χ2n) is 2.65. The lowest BCUT2D eigenvalue weighted by molar-refractivity contribution is 0.0598. The van der Waals surface area contributed by atoms with Crippen molar-refractivity contribution in [2.45, 2.75) is 13.1 Å². The van der Waals surface area contributed by atoms with Gasteiger partial charge in [-0.3, -0.25) is 0 Å². The Morgan fingerprint density at radius 2 is 2.38 bits per heavy atom. The normalized spacial score (nSPS) is 13.3. The summed E-state index contributed by atoms with van der Waals surface area (Å²) in [6.07, 6.45) is 1.46. The highest BCUT2D eigenvalue weighted by molar-refractivity contribution is 5.91. The third-order valence-corrected chi connectivity index (χ3v) is 1.97. The van der Waals surface area contributed by atoms with Crippen LogP contribution < -0.4 is 5.32 Å². The van der Waals surface area contributed by atoms with Crippen LogP contribution >= 0.6 is 12.4 Å². The predicted molar refractivity (Wildman–Crippen MR) is 47.8 cm³/mol. The molecule has 0 amide bonds. The lowest BCUT2D eigenvalue weighted by atomic mass is 10.2. The molecule has 0 saturated heterocycles. The van der Waals surface area contributed by atoms with Crippen LogP contribution in [0.2, 0.25) is 0 Å². The van der Waals surface area contributed by atoms with Crippen LogP contribution in [0, 0.1) is 0 Å². The quantitative estimate of drug-likeness (QED) is 0.695. The van der Waals surface area contributed by atoms with Crippen LogP contribution in [0.3, 0.4) is 0 Å². The Labute approximate surface area is 81.7 Å². The molecule has 0 spiro atoms. The van der Waals surface area contributed by atoms with Crippen molar-refractivity contribution in [2.24, 2.45) is 0 Å². The summed E-state index contributed by atoms with van der Waals surface area (Å²) in [4.78, 5) is 11.1. The zero-order valence-corrected chi connectivity index (χ0v) is 7.94. The van der Waals surface area contributed by atoms with Crippen molar-refractivity contribution in [3.8, 4) is 0 Å². The molecule has 2 heterocycles. The smallest absolute Gasteiger partial charge is 0.341 e. The summed E-state index contributed by atoms with van der Waals surface area (Å²) in [7, 11) is 1.37. The molecule has 0 aromatic carbocycles. The van der Waals surface area contributed by atoms with Crippen LogP contribution in [-0.2, 0) is 17.8 Å². The summed E-state index contributed by atoms with van der Waals surface area (Å²) in [6.45, 7) is 1.39. The number of rotatable bonds is 1. The van der Waals surface area contributed by atoms with Crippen LogP contribution in [0.25, 0.3) is 0 Å². The molecule has 1 aliphatic rings. The van der Waals surface area contributed by atoms with Gasteiger partial charge in [-0.1, -0.05) is 0 Å². The van der Waals surface area contributed by atoms with Crippen LogP contribution in [0.5, 0.6) is 0 Å². The molecule has 13 heavy (non-hydrogen) atoms. The number of nitrogens with one attached hydrogen (secondary N) is 1. The molecule has 0 unspecified atom stereocenters. The molecule has 0 bridgehead atoms. The first-order valence-electron chi connectivity index (χ1n) is 3.71. The summed E-state index contributed by atoms with van der Waals surface area (Å²) < 4.78 is 9.76. The molecular formula is C8H10ClNO3. The van der Waals surface area contributed by atoms with E-state index in [1.54, 1.807) is 0 Å². The highest BCUT2D eigenvalue weighted by atomic mass is 35.5. The predicted octanol–water partition coefficient (Wildman–Crippen LogP) is 1.09. The van der Waals surface area contributed by atoms with E-state index in [0.29, 0.717) is 18.7 Å². The molecule has 0 saturated carbocycles. The van der Waals surface area contributed by atoms with Gasteiger partial charge in [0, 0.05) is 12.1 Å². The van der Waals surface area contributed by atoms with E-state index in [-0.39, 0.29) is 18.4 Å². The molecule has 2 rings (SSSR count). The molecule has 1 aliphatic heterocycles. The summed E-state index contributed by atoms with van der Waals surface area (Å²) in [6, 6.07) is 0. The van der Waals surface area contributed by atoms with Gasteiger partial charge in [0.05, 0.1) is 13.7 Å². The second-order valence-corrected chi connectivity index (χ2v) is 2.65. The van der Waals surface area contributed by atoms with Gasteiger partial charge >= 0.3 is 5.97 Å². The zero-order chi connectivity index (χ0) is 8.55. The number of furan rings is 1. The molecule has 0 atom stereocenters. The monoisotopic (exact) mass is 203 g/mol. The Bertz CT molecular complexity index is 321. The number of halogens is 1. The van der Waals surface area contributed by atoms with Crippen molar-refractivity contribution in [1.82, 2.24) is 5.32 Å².